The van der Waals surface area contributed by atoms with E-state index in [-0.39, 0.29) is 0 Å². The predicted octanol–water partition coefficient (Wildman–Crippen LogP) is 1.33. The standard InChI is InChI=1S/C12H26N2O/c1-4-15-6-5-14-9-10(2)7-11(3)12(14)8-13/h10-12H,4-9,13H2,1-3H3. The van der Waals surface area contributed by atoms with E-state index in [9.17, 15) is 0 Å². The van der Waals surface area contributed by atoms with Crippen LogP contribution in [0.25, 0.3) is 0 Å². The van der Waals surface area contributed by atoms with Crippen LogP contribution in [0, 0.1) is 11.8 Å². The third-order valence-corrected chi connectivity index (χ3v) is 3.41. The topological polar surface area (TPSA) is 38.5 Å². The molecule has 3 nitrogen and oxygen atoms in total. The second kappa shape index (κ2) is 6.46. The maximum absolute atomic E-state index is 5.85. The van der Waals surface area contributed by atoms with E-state index in [0.717, 1.165) is 38.1 Å². The molecule has 0 radical (unpaired) electrons. The molecule has 1 fully saturated rings. The average molecular weight is 214 g/mol. The lowest BCUT2D eigenvalue weighted by Crippen LogP contribution is -2.52. The van der Waals surface area contributed by atoms with Gasteiger partial charge in [0.2, 0.25) is 0 Å². The lowest BCUT2D eigenvalue weighted by molar-refractivity contribution is 0.0391. The largest absolute Gasteiger partial charge is 0.380 e. The van der Waals surface area contributed by atoms with Gasteiger partial charge in [0.1, 0.15) is 0 Å². The van der Waals surface area contributed by atoms with Crippen molar-refractivity contribution in [3.8, 4) is 0 Å². The van der Waals surface area contributed by atoms with Gasteiger partial charge in [-0.2, -0.15) is 0 Å². The molecule has 1 rings (SSSR count). The van der Waals surface area contributed by atoms with Crippen LogP contribution in [-0.4, -0.2) is 43.8 Å². The molecule has 0 aromatic heterocycles. The SMILES string of the molecule is CCOCCN1CC(C)CC(C)C1CN. The van der Waals surface area contributed by atoms with E-state index in [2.05, 4.69) is 18.7 Å². The molecule has 1 aliphatic rings. The summed E-state index contributed by atoms with van der Waals surface area (Å²) in [6.07, 6.45) is 1.31. The number of hydrogen-bond acceptors (Lipinski definition) is 3. The fourth-order valence-electron chi connectivity index (χ4n) is 2.73. The molecule has 0 saturated carbocycles. The Morgan fingerprint density at radius 3 is 2.73 bits per heavy atom. The quantitative estimate of drug-likeness (QED) is 0.702. The van der Waals surface area contributed by atoms with E-state index in [4.69, 9.17) is 10.5 Å². The summed E-state index contributed by atoms with van der Waals surface area (Å²) in [7, 11) is 0. The van der Waals surface area contributed by atoms with Crippen molar-refractivity contribution in [3.63, 3.8) is 0 Å². The van der Waals surface area contributed by atoms with Gasteiger partial charge in [-0.1, -0.05) is 13.8 Å². The fraction of sp³-hybridized carbons (Fsp3) is 1.00. The molecule has 3 unspecified atom stereocenters. The Hall–Kier alpha value is -0.120. The van der Waals surface area contributed by atoms with Crippen LogP contribution in [0.5, 0.6) is 0 Å². The van der Waals surface area contributed by atoms with Crippen molar-refractivity contribution >= 4 is 0 Å². The van der Waals surface area contributed by atoms with Crippen LogP contribution in [0.4, 0.5) is 0 Å². The summed E-state index contributed by atoms with van der Waals surface area (Å²) in [6.45, 7) is 11.3. The highest BCUT2D eigenvalue weighted by Gasteiger charge is 2.30. The minimum atomic E-state index is 0.557. The van der Waals surface area contributed by atoms with Crippen LogP contribution in [-0.2, 0) is 4.74 Å². The van der Waals surface area contributed by atoms with Crippen molar-refractivity contribution in [2.75, 3.05) is 32.8 Å². The first kappa shape index (κ1) is 12.9. The van der Waals surface area contributed by atoms with Gasteiger partial charge in [0.05, 0.1) is 6.61 Å². The Labute approximate surface area is 94.0 Å². The average Bonchev–Trinajstić information content (AvgIpc) is 2.17. The first-order valence-electron chi connectivity index (χ1n) is 6.20. The van der Waals surface area contributed by atoms with Gasteiger partial charge < -0.3 is 10.5 Å². The molecule has 0 aromatic rings. The zero-order valence-electron chi connectivity index (χ0n) is 10.4. The summed E-state index contributed by atoms with van der Waals surface area (Å²) in [5, 5.41) is 0. The molecule has 0 aliphatic carbocycles. The summed E-state index contributed by atoms with van der Waals surface area (Å²) >= 11 is 0. The normalized spacial score (nSPS) is 33.2. The Bertz CT molecular complexity index is 175. The zero-order valence-corrected chi connectivity index (χ0v) is 10.4. The number of ether oxygens (including phenoxy) is 1. The first-order valence-corrected chi connectivity index (χ1v) is 6.20. The molecule has 3 atom stereocenters. The van der Waals surface area contributed by atoms with Gasteiger partial charge in [-0.3, -0.25) is 4.90 Å². The van der Waals surface area contributed by atoms with E-state index < -0.39 is 0 Å². The van der Waals surface area contributed by atoms with Crippen LogP contribution >= 0.6 is 0 Å². The maximum atomic E-state index is 5.85. The van der Waals surface area contributed by atoms with Crippen molar-refractivity contribution in [3.05, 3.63) is 0 Å². The van der Waals surface area contributed by atoms with Crippen LogP contribution in [0.2, 0.25) is 0 Å². The molecule has 1 heterocycles. The molecular weight excluding hydrogens is 188 g/mol. The molecular formula is C12H26N2O. The lowest BCUT2D eigenvalue weighted by atomic mass is 9.85. The monoisotopic (exact) mass is 214 g/mol. The summed E-state index contributed by atoms with van der Waals surface area (Å²) < 4.78 is 5.42. The van der Waals surface area contributed by atoms with Crippen molar-refractivity contribution in [1.82, 2.24) is 4.90 Å². The third kappa shape index (κ3) is 3.74. The van der Waals surface area contributed by atoms with Crippen molar-refractivity contribution in [1.29, 1.82) is 0 Å². The first-order chi connectivity index (χ1) is 7.19. The predicted molar refractivity (Wildman–Crippen MR) is 63.9 cm³/mol. The fourth-order valence-corrected chi connectivity index (χ4v) is 2.73. The van der Waals surface area contributed by atoms with Gasteiger partial charge in [-0.05, 0) is 25.2 Å². The van der Waals surface area contributed by atoms with Crippen molar-refractivity contribution < 1.29 is 4.74 Å². The van der Waals surface area contributed by atoms with E-state index in [1.807, 2.05) is 6.92 Å². The van der Waals surface area contributed by atoms with E-state index >= 15 is 0 Å². The van der Waals surface area contributed by atoms with Crippen LogP contribution in [0.3, 0.4) is 0 Å². The van der Waals surface area contributed by atoms with E-state index in [1.54, 1.807) is 0 Å². The van der Waals surface area contributed by atoms with Crippen LogP contribution in [0.15, 0.2) is 0 Å². The highest BCUT2D eigenvalue weighted by atomic mass is 16.5. The van der Waals surface area contributed by atoms with Gasteiger partial charge in [0.15, 0.2) is 0 Å². The van der Waals surface area contributed by atoms with Crippen LogP contribution in [0.1, 0.15) is 27.2 Å². The summed E-state index contributed by atoms with van der Waals surface area (Å²) in [4.78, 5) is 2.51. The van der Waals surface area contributed by atoms with E-state index in [1.165, 1.54) is 13.0 Å². The summed E-state index contributed by atoms with van der Waals surface area (Å²) in [5.74, 6) is 1.52. The van der Waals surface area contributed by atoms with Gasteiger partial charge in [-0.15, -0.1) is 0 Å². The highest BCUT2D eigenvalue weighted by Crippen LogP contribution is 2.26. The molecule has 1 aliphatic heterocycles. The Morgan fingerprint density at radius 1 is 1.40 bits per heavy atom. The van der Waals surface area contributed by atoms with Gasteiger partial charge >= 0.3 is 0 Å². The number of nitrogens with zero attached hydrogens (tertiary/aromatic N) is 1. The van der Waals surface area contributed by atoms with Crippen molar-refractivity contribution in [2.45, 2.75) is 33.2 Å². The smallest absolute Gasteiger partial charge is 0.0593 e. The molecule has 0 bridgehead atoms. The van der Waals surface area contributed by atoms with Gasteiger partial charge in [0.25, 0.3) is 0 Å². The molecule has 0 amide bonds. The molecule has 2 N–H and O–H groups in total. The Kier molecular flexibility index (Phi) is 5.58. The lowest BCUT2D eigenvalue weighted by Gasteiger charge is -2.42. The van der Waals surface area contributed by atoms with Gasteiger partial charge in [0, 0.05) is 32.3 Å². The zero-order chi connectivity index (χ0) is 11.3. The minimum Gasteiger partial charge on any atom is -0.380 e. The Balaban J connectivity index is 2.42. The highest BCUT2D eigenvalue weighted by molar-refractivity contribution is 4.85. The number of nitrogens with two attached hydrogens (primary N) is 1. The number of rotatable bonds is 5. The summed E-state index contributed by atoms with van der Waals surface area (Å²) in [5.41, 5.74) is 5.85. The number of hydrogen-bond donors (Lipinski definition) is 1. The number of likely N-dealkylation sites (tertiary alicyclic amines) is 1. The molecule has 90 valence electrons. The maximum Gasteiger partial charge on any atom is 0.0593 e. The van der Waals surface area contributed by atoms with Crippen LogP contribution < -0.4 is 5.73 Å². The molecule has 0 spiro atoms. The third-order valence-electron chi connectivity index (χ3n) is 3.41. The molecule has 0 aromatic carbocycles. The minimum absolute atomic E-state index is 0.557. The Morgan fingerprint density at radius 2 is 2.13 bits per heavy atom. The number of piperidine rings is 1. The summed E-state index contributed by atoms with van der Waals surface area (Å²) in [6, 6.07) is 0.557. The molecule has 15 heavy (non-hydrogen) atoms. The van der Waals surface area contributed by atoms with E-state index in [0.29, 0.717) is 6.04 Å². The van der Waals surface area contributed by atoms with Gasteiger partial charge in [-0.25, -0.2) is 0 Å². The second-order valence-corrected chi connectivity index (χ2v) is 4.81. The molecule has 3 heteroatoms. The van der Waals surface area contributed by atoms with Crippen molar-refractivity contribution in [2.24, 2.45) is 17.6 Å². The molecule has 1 saturated heterocycles. The second-order valence-electron chi connectivity index (χ2n) is 4.81.